The Morgan fingerprint density at radius 1 is 1.21 bits per heavy atom. The summed E-state index contributed by atoms with van der Waals surface area (Å²) >= 11 is 1.33. The molecule has 0 radical (unpaired) electrons. The molecule has 6 heteroatoms. The minimum Gasteiger partial charge on any atom is -0.508 e. The minimum atomic E-state index is -0.100. The molecule has 3 aromatic rings. The van der Waals surface area contributed by atoms with Crippen molar-refractivity contribution < 1.29 is 9.90 Å². The molecule has 0 atom stereocenters. The lowest BCUT2D eigenvalue weighted by Crippen LogP contribution is -2.29. The van der Waals surface area contributed by atoms with Crippen LogP contribution >= 0.6 is 11.8 Å². The molecule has 1 aliphatic heterocycles. The summed E-state index contributed by atoms with van der Waals surface area (Å²) in [6.45, 7) is 4.12. The number of amides is 1. The summed E-state index contributed by atoms with van der Waals surface area (Å²) in [4.78, 5) is 19.7. The third-order valence-electron chi connectivity index (χ3n) is 4.47. The van der Waals surface area contributed by atoms with Crippen LogP contribution in [0.4, 0.5) is 5.69 Å². The number of phenols is 1. The van der Waals surface area contributed by atoms with E-state index in [0.29, 0.717) is 22.3 Å². The highest BCUT2D eigenvalue weighted by molar-refractivity contribution is 8.18. The molecule has 140 valence electrons. The van der Waals surface area contributed by atoms with Gasteiger partial charge in [-0.3, -0.25) is 9.69 Å². The number of carbonyl (C=O) groups excluding carboxylic acids is 1. The van der Waals surface area contributed by atoms with Crippen LogP contribution in [-0.2, 0) is 11.8 Å². The molecule has 1 amide bonds. The zero-order valence-corrected chi connectivity index (χ0v) is 16.2. The van der Waals surface area contributed by atoms with Gasteiger partial charge in [-0.15, -0.1) is 6.58 Å². The van der Waals surface area contributed by atoms with Gasteiger partial charge in [0.25, 0.3) is 5.91 Å². The molecule has 1 aromatic heterocycles. The largest absolute Gasteiger partial charge is 0.508 e. The maximum absolute atomic E-state index is 13.0. The summed E-state index contributed by atoms with van der Waals surface area (Å²) in [5, 5.41) is 11.3. The van der Waals surface area contributed by atoms with Crippen LogP contribution in [-0.4, -0.2) is 32.2 Å². The maximum Gasteiger partial charge on any atom is 0.267 e. The van der Waals surface area contributed by atoms with Crippen LogP contribution in [0.1, 0.15) is 5.56 Å². The molecule has 4 rings (SSSR count). The third-order valence-corrected chi connectivity index (χ3v) is 5.48. The van der Waals surface area contributed by atoms with E-state index in [1.165, 1.54) is 11.8 Å². The van der Waals surface area contributed by atoms with Crippen molar-refractivity contribution in [2.75, 3.05) is 6.54 Å². The Morgan fingerprint density at radius 3 is 2.82 bits per heavy atom. The number of para-hydroxylation sites is 1. The number of hydrogen-bond donors (Lipinski definition) is 1. The van der Waals surface area contributed by atoms with Crippen LogP contribution in [0.2, 0.25) is 0 Å². The normalized spacial score (nSPS) is 17.2. The molecule has 0 spiro atoms. The van der Waals surface area contributed by atoms with Gasteiger partial charge in [0.15, 0.2) is 5.17 Å². The molecule has 1 aliphatic rings. The Labute approximate surface area is 167 Å². The molecule has 0 bridgehead atoms. The standard InChI is InChI=1S/C22H19N3O2S/c1-3-11-25-21(27)20(28-22(25)23-16-7-6-8-17(26)13-16)12-15-14-24(2)19-10-5-4-9-18(15)19/h3-10,12-14,26H,1,11H2,2H3/b20-12-,23-22?. The van der Waals surface area contributed by atoms with E-state index < -0.39 is 0 Å². The van der Waals surface area contributed by atoms with Crippen molar-refractivity contribution in [1.82, 2.24) is 9.47 Å². The van der Waals surface area contributed by atoms with Crippen LogP contribution in [0.5, 0.6) is 5.75 Å². The average molecular weight is 389 g/mol. The van der Waals surface area contributed by atoms with Crippen LogP contribution in [0.15, 0.2) is 77.3 Å². The number of nitrogens with zero attached hydrogens (tertiary/aromatic N) is 3. The van der Waals surface area contributed by atoms with E-state index in [1.54, 1.807) is 35.2 Å². The van der Waals surface area contributed by atoms with Crippen molar-refractivity contribution in [1.29, 1.82) is 0 Å². The molecule has 2 heterocycles. The van der Waals surface area contributed by atoms with Crippen LogP contribution in [0, 0.1) is 0 Å². The predicted octanol–water partition coefficient (Wildman–Crippen LogP) is 4.67. The van der Waals surface area contributed by atoms with Crippen LogP contribution < -0.4 is 0 Å². The van der Waals surface area contributed by atoms with Gasteiger partial charge in [-0.2, -0.15) is 0 Å². The zero-order valence-electron chi connectivity index (χ0n) is 15.4. The van der Waals surface area contributed by atoms with Gasteiger partial charge in [-0.25, -0.2) is 4.99 Å². The van der Waals surface area contributed by atoms with Crippen molar-refractivity contribution in [3.63, 3.8) is 0 Å². The lowest BCUT2D eigenvalue weighted by Gasteiger charge is -2.12. The van der Waals surface area contributed by atoms with E-state index in [-0.39, 0.29) is 11.7 Å². The molecule has 1 saturated heterocycles. The smallest absolute Gasteiger partial charge is 0.267 e. The second kappa shape index (κ2) is 7.40. The molecular formula is C22H19N3O2S. The quantitative estimate of drug-likeness (QED) is 0.521. The van der Waals surface area contributed by atoms with Crippen molar-refractivity contribution >= 4 is 45.5 Å². The number of carbonyl (C=O) groups is 1. The topological polar surface area (TPSA) is 57.8 Å². The molecule has 5 nitrogen and oxygen atoms in total. The lowest BCUT2D eigenvalue weighted by atomic mass is 10.1. The Bertz CT molecular complexity index is 1140. The Morgan fingerprint density at radius 2 is 2.04 bits per heavy atom. The summed E-state index contributed by atoms with van der Waals surface area (Å²) in [7, 11) is 1.99. The van der Waals surface area contributed by atoms with E-state index >= 15 is 0 Å². The second-order valence-corrected chi connectivity index (χ2v) is 7.45. The number of fused-ring (bicyclic) bond motifs is 1. The summed E-state index contributed by atoms with van der Waals surface area (Å²) in [5.41, 5.74) is 2.70. The molecule has 1 N–H and O–H groups in total. The average Bonchev–Trinajstić information content (AvgIpc) is 3.14. The number of hydrogen-bond acceptors (Lipinski definition) is 4. The molecular weight excluding hydrogens is 370 g/mol. The number of aromatic nitrogens is 1. The SMILES string of the molecule is C=CCN1C(=O)/C(=C/c2cn(C)c3ccccc23)SC1=Nc1cccc(O)c1. The lowest BCUT2D eigenvalue weighted by molar-refractivity contribution is -0.121. The van der Waals surface area contributed by atoms with Crippen LogP contribution in [0.3, 0.4) is 0 Å². The molecule has 0 saturated carbocycles. The number of amidine groups is 1. The monoisotopic (exact) mass is 389 g/mol. The molecule has 0 aliphatic carbocycles. The summed E-state index contributed by atoms with van der Waals surface area (Å²) < 4.78 is 2.05. The van der Waals surface area contributed by atoms with Gasteiger partial charge in [-0.1, -0.05) is 30.3 Å². The van der Waals surface area contributed by atoms with E-state index in [4.69, 9.17) is 0 Å². The highest BCUT2D eigenvalue weighted by Crippen LogP contribution is 2.35. The number of rotatable bonds is 4. The zero-order chi connectivity index (χ0) is 19.7. The first-order valence-corrected chi connectivity index (χ1v) is 9.62. The Kier molecular flexibility index (Phi) is 4.79. The van der Waals surface area contributed by atoms with Gasteiger partial charge in [0.05, 0.1) is 10.6 Å². The highest BCUT2D eigenvalue weighted by Gasteiger charge is 2.32. The minimum absolute atomic E-state index is 0.100. The molecule has 28 heavy (non-hydrogen) atoms. The summed E-state index contributed by atoms with van der Waals surface area (Å²) in [5.74, 6) is 0.0368. The van der Waals surface area contributed by atoms with E-state index in [2.05, 4.69) is 28.3 Å². The van der Waals surface area contributed by atoms with Gasteiger partial charge in [0, 0.05) is 42.3 Å². The van der Waals surface area contributed by atoms with Crippen LogP contribution in [0.25, 0.3) is 17.0 Å². The van der Waals surface area contributed by atoms with E-state index in [0.717, 1.165) is 16.5 Å². The van der Waals surface area contributed by atoms with Crippen molar-refractivity contribution in [3.8, 4) is 5.75 Å². The number of phenolic OH excluding ortho intramolecular Hbond substituents is 1. The number of aryl methyl sites for hydroxylation is 1. The number of benzene rings is 2. The first-order chi connectivity index (χ1) is 13.6. The number of aromatic hydroxyl groups is 1. The maximum atomic E-state index is 13.0. The second-order valence-electron chi connectivity index (χ2n) is 6.44. The molecule has 0 unspecified atom stereocenters. The van der Waals surface area contributed by atoms with E-state index in [1.807, 2.05) is 31.5 Å². The Hall–Kier alpha value is -3.25. The predicted molar refractivity (Wildman–Crippen MR) is 116 cm³/mol. The molecule has 1 fully saturated rings. The van der Waals surface area contributed by atoms with Crippen molar-refractivity contribution in [2.24, 2.45) is 12.0 Å². The number of aliphatic imine (C=N–C) groups is 1. The van der Waals surface area contributed by atoms with Crippen molar-refractivity contribution in [2.45, 2.75) is 0 Å². The van der Waals surface area contributed by atoms with Gasteiger partial charge in [-0.05, 0) is 36.0 Å². The van der Waals surface area contributed by atoms with Gasteiger partial charge in [0.2, 0.25) is 0 Å². The fraction of sp³-hybridized carbons (Fsp3) is 0.0909. The summed E-state index contributed by atoms with van der Waals surface area (Å²) in [6.07, 6.45) is 5.61. The highest BCUT2D eigenvalue weighted by atomic mass is 32.2. The molecule has 2 aromatic carbocycles. The fourth-order valence-electron chi connectivity index (χ4n) is 3.18. The fourth-order valence-corrected chi connectivity index (χ4v) is 4.18. The van der Waals surface area contributed by atoms with Gasteiger partial charge < -0.3 is 9.67 Å². The van der Waals surface area contributed by atoms with Gasteiger partial charge in [0.1, 0.15) is 5.75 Å². The van der Waals surface area contributed by atoms with Gasteiger partial charge >= 0.3 is 0 Å². The summed E-state index contributed by atoms with van der Waals surface area (Å²) in [6, 6.07) is 14.8. The third kappa shape index (κ3) is 3.34. The number of thioether (sulfide) groups is 1. The first kappa shape index (κ1) is 18.1. The van der Waals surface area contributed by atoms with E-state index in [9.17, 15) is 9.90 Å². The van der Waals surface area contributed by atoms with Crippen molar-refractivity contribution in [3.05, 3.63) is 77.9 Å². The Balaban J connectivity index is 1.75. The first-order valence-electron chi connectivity index (χ1n) is 8.81.